The Morgan fingerprint density at radius 3 is 2.20 bits per heavy atom. The largest absolute Gasteiger partial charge is 0.228 e. The van der Waals surface area contributed by atoms with Gasteiger partial charge in [0.15, 0.2) is 11.6 Å². The van der Waals surface area contributed by atoms with Gasteiger partial charge in [0, 0.05) is 29.4 Å². The topological polar surface area (TPSA) is 29.0 Å². The van der Waals surface area contributed by atoms with E-state index in [0.717, 1.165) is 39.2 Å². The van der Waals surface area contributed by atoms with Gasteiger partial charge in [-0.1, -0.05) is 72.8 Å². The Kier molecular flexibility index (Phi) is 4.06. The van der Waals surface area contributed by atoms with Crippen molar-refractivity contribution in [2.24, 2.45) is 0 Å². The van der Waals surface area contributed by atoms with Crippen molar-refractivity contribution in [3.05, 3.63) is 90.5 Å². The molecule has 2 bridgehead atoms. The smallest absolute Gasteiger partial charge is 0.188 e. The van der Waals surface area contributed by atoms with Crippen LogP contribution in [-0.4, -0.2) is 33.7 Å². The van der Waals surface area contributed by atoms with Crippen LogP contribution in [0.15, 0.2) is 84.9 Å². The molecular formula is C26H25N4+. The van der Waals surface area contributed by atoms with Gasteiger partial charge in [0.25, 0.3) is 0 Å². The molecule has 4 nitrogen and oxygen atoms in total. The molecular weight excluding hydrogens is 368 g/mol. The zero-order valence-electron chi connectivity index (χ0n) is 17.0. The van der Waals surface area contributed by atoms with E-state index in [4.69, 9.17) is 9.97 Å². The van der Waals surface area contributed by atoms with E-state index in [1.165, 1.54) is 31.5 Å². The number of benzene rings is 3. The van der Waals surface area contributed by atoms with Crippen LogP contribution in [0.25, 0.3) is 22.3 Å². The van der Waals surface area contributed by atoms with Gasteiger partial charge in [0.2, 0.25) is 0 Å². The molecule has 0 aliphatic carbocycles. The molecule has 0 unspecified atom stereocenters. The van der Waals surface area contributed by atoms with Gasteiger partial charge in [-0.25, -0.2) is 19.6 Å². The summed E-state index contributed by atoms with van der Waals surface area (Å²) in [6, 6.07) is 30.3. The monoisotopic (exact) mass is 393 g/mol. The molecule has 4 aromatic rings. The average Bonchev–Trinajstić information content (AvgIpc) is 3.34. The fourth-order valence-electron chi connectivity index (χ4n) is 5.32. The number of hydrogen-bond donors (Lipinski definition) is 0. The minimum atomic E-state index is 0.552. The summed E-state index contributed by atoms with van der Waals surface area (Å²) in [7, 11) is 0. The Balaban J connectivity index is 1.51. The standard InChI is InChI=1S/C26H25N4/c1-3-9-20(10-4-1)19-30-17-15-22(16-18-30)29(30)26-23-13-7-8-14-24(23)27-25(28-26)21-11-5-2-6-12-21/h1-14,22H,15-19H2/q+1. The van der Waals surface area contributed by atoms with E-state index in [9.17, 15) is 0 Å². The van der Waals surface area contributed by atoms with E-state index >= 15 is 0 Å². The van der Waals surface area contributed by atoms with Crippen LogP contribution in [-0.2, 0) is 6.54 Å². The highest BCUT2D eigenvalue weighted by Gasteiger charge is 2.53. The lowest BCUT2D eigenvalue weighted by atomic mass is 10.1. The molecule has 6 rings (SSSR count). The van der Waals surface area contributed by atoms with Crippen LogP contribution < -0.4 is 5.01 Å². The first kappa shape index (κ1) is 17.6. The summed E-state index contributed by atoms with van der Waals surface area (Å²) in [5.41, 5.74) is 3.49. The Morgan fingerprint density at radius 2 is 1.43 bits per heavy atom. The molecule has 30 heavy (non-hydrogen) atoms. The zero-order chi connectivity index (χ0) is 20.0. The lowest BCUT2D eigenvalue weighted by Gasteiger charge is -2.38. The second-order valence-electron chi connectivity index (χ2n) is 8.52. The van der Waals surface area contributed by atoms with Crippen LogP contribution in [0.3, 0.4) is 0 Å². The van der Waals surface area contributed by atoms with Gasteiger partial charge in [-0.2, -0.15) is 0 Å². The first-order valence-electron chi connectivity index (χ1n) is 10.8. The van der Waals surface area contributed by atoms with Gasteiger partial charge in [-0.05, 0) is 12.1 Å². The minimum Gasteiger partial charge on any atom is -0.228 e. The molecule has 3 aromatic carbocycles. The fourth-order valence-corrected chi connectivity index (χ4v) is 5.32. The van der Waals surface area contributed by atoms with Crippen molar-refractivity contribution in [3.63, 3.8) is 0 Å². The summed E-state index contributed by atoms with van der Waals surface area (Å²) in [6.07, 6.45) is 2.46. The van der Waals surface area contributed by atoms with Crippen LogP contribution in [0.1, 0.15) is 18.4 Å². The number of fused-ring (bicyclic) bond motifs is 3. The first-order chi connectivity index (χ1) is 14.8. The number of aromatic nitrogens is 2. The van der Waals surface area contributed by atoms with Gasteiger partial charge >= 0.3 is 0 Å². The van der Waals surface area contributed by atoms with Crippen molar-refractivity contribution >= 4 is 16.7 Å². The van der Waals surface area contributed by atoms with Crippen LogP contribution in [0, 0.1) is 0 Å². The summed E-state index contributed by atoms with van der Waals surface area (Å²) < 4.78 is 0.976. The van der Waals surface area contributed by atoms with Crippen LogP contribution in [0.5, 0.6) is 0 Å². The zero-order valence-corrected chi connectivity index (χ0v) is 17.0. The van der Waals surface area contributed by atoms with E-state index in [-0.39, 0.29) is 0 Å². The third-order valence-electron chi connectivity index (χ3n) is 6.71. The average molecular weight is 394 g/mol. The van der Waals surface area contributed by atoms with E-state index in [0.29, 0.717) is 6.04 Å². The summed E-state index contributed by atoms with van der Waals surface area (Å²) >= 11 is 0. The van der Waals surface area contributed by atoms with Crippen molar-refractivity contribution in [2.45, 2.75) is 25.4 Å². The first-order valence-corrected chi connectivity index (χ1v) is 10.8. The van der Waals surface area contributed by atoms with Crippen molar-refractivity contribution in [1.29, 1.82) is 0 Å². The molecule has 2 aliphatic rings. The Hall–Kier alpha value is -3.24. The quantitative estimate of drug-likeness (QED) is 0.446. The summed E-state index contributed by atoms with van der Waals surface area (Å²) in [5.74, 6) is 1.91. The second kappa shape index (κ2) is 6.92. The van der Waals surface area contributed by atoms with Crippen LogP contribution >= 0.6 is 0 Å². The van der Waals surface area contributed by atoms with Crippen molar-refractivity contribution in [2.75, 3.05) is 18.1 Å². The molecule has 0 amide bonds. The van der Waals surface area contributed by atoms with Gasteiger partial charge < -0.3 is 0 Å². The van der Waals surface area contributed by atoms with Gasteiger partial charge in [0.1, 0.15) is 19.6 Å². The second-order valence-corrected chi connectivity index (χ2v) is 8.52. The number of quaternary nitrogens is 1. The maximum atomic E-state index is 5.18. The van der Waals surface area contributed by atoms with Gasteiger partial charge in [-0.3, -0.25) is 0 Å². The minimum absolute atomic E-state index is 0.552. The highest BCUT2D eigenvalue weighted by molar-refractivity contribution is 5.90. The summed E-state index contributed by atoms with van der Waals surface area (Å²) in [6.45, 7) is 3.38. The number of nitrogens with zero attached hydrogens (tertiary/aromatic N) is 4. The molecule has 0 radical (unpaired) electrons. The lowest BCUT2D eigenvalue weighted by molar-refractivity contribution is -0.930. The molecule has 1 aromatic heterocycles. The lowest BCUT2D eigenvalue weighted by Crippen LogP contribution is -2.53. The molecule has 0 saturated carbocycles. The van der Waals surface area contributed by atoms with Crippen LogP contribution in [0.2, 0.25) is 0 Å². The van der Waals surface area contributed by atoms with E-state index < -0.39 is 0 Å². The molecule has 3 heterocycles. The van der Waals surface area contributed by atoms with Crippen molar-refractivity contribution in [1.82, 2.24) is 9.97 Å². The number of hydrogen-bond acceptors (Lipinski definition) is 3. The molecule has 2 fully saturated rings. The highest BCUT2D eigenvalue weighted by atomic mass is 15.8. The number of para-hydroxylation sites is 1. The molecule has 2 aliphatic heterocycles. The van der Waals surface area contributed by atoms with E-state index in [1.54, 1.807) is 0 Å². The van der Waals surface area contributed by atoms with Gasteiger partial charge in [-0.15, -0.1) is 0 Å². The Bertz CT molecular complexity index is 1180. The summed E-state index contributed by atoms with van der Waals surface area (Å²) in [4.78, 5) is 10.1. The third-order valence-corrected chi connectivity index (χ3v) is 6.71. The fraction of sp³-hybridized carbons (Fsp3) is 0.231. The maximum absolute atomic E-state index is 5.18. The van der Waals surface area contributed by atoms with Crippen LogP contribution in [0.4, 0.5) is 5.82 Å². The molecule has 0 atom stereocenters. The van der Waals surface area contributed by atoms with Crippen molar-refractivity contribution in [3.8, 4) is 11.4 Å². The normalized spacial score (nSPS) is 22.7. The number of piperidine rings is 1. The molecule has 0 N–H and O–H groups in total. The highest BCUT2D eigenvalue weighted by Crippen LogP contribution is 2.44. The molecule has 148 valence electrons. The third kappa shape index (κ3) is 2.79. The predicted molar refractivity (Wildman–Crippen MR) is 121 cm³/mol. The number of rotatable bonds is 4. The van der Waals surface area contributed by atoms with E-state index in [2.05, 4.69) is 83.9 Å². The summed E-state index contributed by atoms with van der Waals surface area (Å²) in [5, 5.41) is 3.77. The van der Waals surface area contributed by atoms with Gasteiger partial charge in [0.05, 0.1) is 11.6 Å². The Morgan fingerprint density at radius 1 is 0.767 bits per heavy atom. The number of anilines is 1. The predicted octanol–water partition coefficient (Wildman–Crippen LogP) is 5.21. The van der Waals surface area contributed by atoms with E-state index in [1.807, 2.05) is 6.07 Å². The molecule has 0 spiro atoms. The maximum Gasteiger partial charge on any atom is 0.188 e. The SMILES string of the molecule is c1ccc(C[N+]23CCC(CC2)N3c2nc(-c3ccccc3)nc3ccccc23)cc1. The van der Waals surface area contributed by atoms with Crippen molar-refractivity contribution < 1.29 is 4.59 Å². The Labute approximate surface area is 177 Å². The molecule has 2 saturated heterocycles. The molecule has 4 heteroatoms.